The standard InChI is InChI=1S/C24H30N2O3/c1-27-14-13-25(17-20-7-4-10-23(15-20)28-2)19-22-9-6-12-26(22)18-21-8-5-11-24(16-21)29-3/h4-12,15-16H,13-14,17-19H2,1-3H3/p+1. The molecule has 1 aromatic heterocycles. The third-order valence-electron chi connectivity index (χ3n) is 5.09. The van der Waals surface area contributed by atoms with Gasteiger partial charge in [-0.05, 0) is 42.0 Å². The van der Waals surface area contributed by atoms with Gasteiger partial charge in [0.25, 0.3) is 0 Å². The van der Waals surface area contributed by atoms with E-state index in [2.05, 4.69) is 47.2 Å². The van der Waals surface area contributed by atoms with Gasteiger partial charge in [0.2, 0.25) is 0 Å². The van der Waals surface area contributed by atoms with Crippen molar-refractivity contribution >= 4 is 0 Å². The van der Waals surface area contributed by atoms with Crippen LogP contribution in [0.15, 0.2) is 66.9 Å². The molecule has 0 amide bonds. The number of aromatic nitrogens is 1. The first-order valence-electron chi connectivity index (χ1n) is 9.94. The van der Waals surface area contributed by atoms with E-state index in [0.29, 0.717) is 0 Å². The second-order valence-corrected chi connectivity index (χ2v) is 7.18. The summed E-state index contributed by atoms with van der Waals surface area (Å²) < 4.78 is 18.4. The molecule has 1 N–H and O–H groups in total. The first kappa shape index (κ1) is 21.0. The van der Waals surface area contributed by atoms with Crippen molar-refractivity contribution in [3.8, 4) is 11.5 Å². The summed E-state index contributed by atoms with van der Waals surface area (Å²) in [5, 5.41) is 0. The summed E-state index contributed by atoms with van der Waals surface area (Å²) in [5.41, 5.74) is 3.80. The maximum Gasteiger partial charge on any atom is 0.119 e. The van der Waals surface area contributed by atoms with Crippen molar-refractivity contribution in [1.29, 1.82) is 0 Å². The van der Waals surface area contributed by atoms with Gasteiger partial charge >= 0.3 is 0 Å². The van der Waals surface area contributed by atoms with Crippen LogP contribution in [-0.2, 0) is 24.4 Å². The Morgan fingerprint density at radius 1 is 0.793 bits per heavy atom. The topological polar surface area (TPSA) is 37.1 Å². The minimum absolute atomic E-state index is 0.732. The van der Waals surface area contributed by atoms with Crippen LogP contribution in [0.3, 0.4) is 0 Å². The van der Waals surface area contributed by atoms with E-state index in [4.69, 9.17) is 14.2 Å². The number of quaternary nitrogens is 1. The van der Waals surface area contributed by atoms with E-state index in [0.717, 1.165) is 44.3 Å². The summed E-state index contributed by atoms with van der Waals surface area (Å²) in [6, 6.07) is 20.9. The van der Waals surface area contributed by atoms with Crippen molar-refractivity contribution in [2.24, 2.45) is 0 Å². The average molecular weight is 396 g/mol. The Morgan fingerprint density at radius 3 is 2.17 bits per heavy atom. The van der Waals surface area contributed by atoms with E-state index in [1.165, 1.54) is 21.7 Å². The van der Waals surface area contributed by atoms with Gasteiger partial charge in [-0.3, -0.25) is 0 Å². The van der Waals surface area contributed by atoms with Crippen LogP contribution in [0.4, 0.5) is 0 Å². The maximum atomic E-state index is 5.38. The Bertz CT molecular complexity index is 891. The summed E-state index contributed by atoms with van der Waals surface area (Å²) in [5.74, 6) is 1.79. The van der Waals surface area contributed by atoms with Crippen molar-refractivity contribution in [2.75, 3.05) is 34.5 Å². The van der Waals surface area contributed by atoms with E-state index in [1.54, 1.807) is 21.3 Å². The molecule has 0 radical (unpaired) electrons. The molecular weight excluding hydrogens is 364 g/mol. The SMILES string of the molecule is COCC[NH+](Cc1cccc(OC)c1)Cc1cccn1Cc1cccc(OC)c1. The Balaban J connectivity index is 1.73. The summed E-state index contributed by atoms with van der Waals surface area (Å²) in [4.78, 5) is 1.45. The second kappa shape index (κ2) is 10.7. The van der Waals surface area contributed by atoms with Crippen molar-refractivity contribution in [2.45, 2.75) is 19.6 Å². The lowest BCUT2D eigenvalue weighted by Crippen LogP contribution is -3.10. The Labute approximate surface area is 173 Å². The highest BCUT2D eigenvalue weighted by Crippen LogP contribution is 2.15. The third kappa shape index (κ3) is 6.11. The molecular formula is C24H31N2O3+. The van der Waals surface area contributed by atoms with Gasteiger partial charge in [0.15, 0.2) is 0 Å². The molecule has 3 rings (SSSR count). The maximum absolute atomic E-state index is 5.38. The summed E-state index contributed by atoms with van der Waals surface area (Å²) in [7, 11) is 5.17. The predicted molar refractivity (Wildman–Crippen MR) is 115 cm³/mol. The first-order chi connectivity index (χ1) is 14.2. The normalized spacial score (nSPS) is 12.0. The predicted octanol–water partition coefficient (Wildman–Crippen LogP) is 2.79. The van der Waals surface area contributed by atoms with Crippen LogP contribution in [0.25, 0.3) is 0 Å². The van der Waals surface area contributed by atoms with E-state index in [1.807, 2.05) is 24.3 Å². The lowest BCUT2D eigenvalue weighted by molar-refractivity contribution is -0.928. The molecule has 154 valence electrons. The van der Waals surface area contributed by atoms with Crippen LogP contribution in [0.1, 0.15) is 16.8 Å². The molecule has 0 aliphatic carbocycles. The molecule has 1 unspecified atom stereocenters. The second-order valence-electron chi connectivity index (χ2n) is 7.18. The fourth-order valence-electron chi connectivity index (χ4n) is 3.54. The lowest BCUT2D eigenvalue weighted by atomic mass is 10.2. The fourth-order valence-corrected chi connectivity index (χ4v) is 3.54. The molecule has 2 aromatic carbocycles. The summed E-state index contributed by atoms with van der Waals surface area (Å²) in [6.07, 6.45) is 2.15. The molecule has 5 heteroatoms. The van der Waals surface area contributed by atoms with Crippen LogP contribution in [-0.4, -0.2) is 39.0 Å². The number of rotatable bonds is 11. The van der Waals surface area contributed by atoms with Crippen LogP contribution >= 0.6 is 0 Å². The van der Waals surface area contributed by atoms with Crippen molar-refractivity contribution in [3.05, 3.63) is 83.7 Å². The zero-order valence-corrected chi connectivity index (χ0v) is 17.6. The van der Waals surface area contributed by atoms with Gasteiger partial charge in [0.05, 0.1) is 26.5 Å². The highest BCUT2D eigenvalue weighted by atomic mass is 16.5. The molecule has 1 atom stereocenters. The molecule has 0 spiro atoms. The quantitative estimate of drug-likeness (QED) is 0.543. The molecule has 1 heterocycles. The Morgan fingerprint density at radius 2 is 1.48 bits per heavy atom. The molecule has 0 aliphatic heterocycles. The molecule has 0 fully saturated rings. The van der Waals surface area contributed by atoms with Gasteiger partial charge in [0, 0.05) is 25.4 Å². The van der Waals surface area contributed by atoms with Gasteiger partial charge < -0.3 is 23.7 Å². The van der Waals surface area contributed by atoms with E-state index in [-0.39, 0.29) is 0 Å². The molecule has 29 heavy (non-hydrogen) atoms. The van der Waals surface area contributed by atoms with E-state index >= 15 is 0 Å². The third-order valence-corrected chi connectivity index (χ3v) is 5.09. The highest BCUT2D eigenvalue weighted by Gasteiger charge is 2.14. The smallest absolute Gasteiger partial charge is 0.119 e. The fraction of sp³-hybridized carbons (Fsp3) is 0.333. The van der Waals surface area contributed by atoms with Gasteiger partial charge in [0.1, 0.15) is 31.1 Å². The van der Waals surface area contributed by atoms with Crippen LogP contribution in [0, 0.1) is 0 Å². The number of methoxy groups -OCH3 is 3. The Kier molecular flexibility index (Phi) is 7.73. The monoisotopic (exact) mass is 395 g/mol. The number of ether oxygens (including phenoxy) is 3. The van der Waals surface area contributed by atoms with Crippen LogP contribution in [0.2, 0.25) is 0 Å². The van der Waals surface area contributed by atoms with Crippen molar-refractivity contribution in [1.82, 2.24) is 4.57 Å². The zero-order valence-electron chi connectivity index (χ0n) is 17.6. The minimum Gasteiger partial charge on any atom is -0.497 e. The number of hydrogen-bond acceptors (Lipinski definition) is 3. The summed E-state index contributed by atoms with van der Waals surface area (Å²) in [6.45, 7) is 4.35. The molecule has 3 aromatic rings. The van der Waals surface area contributed by atoms with Gasteiger partial charge in [-0.2, -0.15) is 0 Å². The largest absolute Gasteiger partial charge is 0.497 e. The number of benzene rings is 2. The summed E-state index contributed by atoms with van der Waals surface area (Å²) >= 11 is 0. The van der Waals surface area contributed by atoms with Crippen molar-refractivity contribution < 1.29 is 19.1 Å². The Hall–Kier alpha value is -2.76. The van der Waals surface area contributed by atoms with Crippen molar-refractivity contribution in [3.63, 3.8) is 0 Å². The van der Waals surface area contributed by atoms with Gasteiger partial charge in [-0.1, -0.05) is 24.3 Å². The average Bonchev–Trinajstić information content (AvgIpc) is 3.18. The zero-order chi connectivity index (χ0) is 20.5. The van der Waals surface area contributed by atoms with Gasteiger partial charge in [-0.25, -0.2) is 0 Å². The molecule has 0 saturated carbocycles. The van der Waals surface area contributed by atoms with E-state index < -0.39 is 0 Å². The van der Waals surface area contributed by atoms with E-state index in [9.17, 15) is 0 Å². The highest BCUT2D eigenvalue weighted by molar-refractivity contribution is 5.29. The number of nitrogens with zero attached hydrogens (tertiary/aromatic N) is 1. The number of hydrogen-bond donors (Lipinski definition) is 1. The molecule has 0 bridgehead atoms. The minimum atomic E-state index is 0.732. The molecule has 5 nitrogen and oxygen atoms in total. The van der Waals surface area contributed by atoms with Crippen LogP contribution < -0.4 is 14.4 Å². The lowest BCUT2D eigenvalue weighted by Gasteiger charge is -2.21. The molecule has 0 saturated heterocycles. The molecule has 0 aliphatic rings. The first-order valence-corrected chi connectivity index (χ1v) is 9.94. The number of nitrogens with one attached hydrogen (secondary N) is 1. The van der Waals surface area contributed by atoms with Crippen LogP contribution in [0.5, 0.6) is 11.5 Å². The van der Waals surface area contributed by atoms with Gasteiger partial charge in [-0.15, -0.1) is 0 Å².